The second-order valence-corrected chi connectivity index (χ2v) is 5.28. The standard InChI is InChI=1S/C17H19FN2/c1-13-12-19-9-10-20(13)15-7-8-17(18)16(11-15)14-5-3-2-4-6-14/h2-8,11,13,19H,9-10,12H2,1H3/t13-/m1/s1. The Labute approximate surface area is 119 Å². The second kappa shape index (κ2) is 5.63. The van der Waals surface area contributed by atoms with E-state index in [0.717, 1.165) is 30.9 Å². The Morgan fingerprint density at radius 3 is 2.70 bits per heavy atom. The Hall–Kier alpha value is -1.87. The average Bonchev–Trinajstić information content (AvgIpc) is 2.49. The number of nitrogens with zero attached hydrogens (tertiary/aromatic N) is 1. The first-order valence-corrected chi connectivity index (χ1v) is 7.08. The van der Waals surface area contributed by atoms with Gasteiger partial charge in [-0.1, -0.05) is 30.3 Å². The van der Waals surface area contributed by atoms with Crippen LogP contribution in [0.4, 0.5) is 10.1 Å². The van der Waals surface area contributed by atoms with Crippen LogP contribution in [0.5, 0.6) is 0 Å². The largest absolute Gasteiger partial charge is 0.366 e. The van der Waals surface area contributed by atoms with E-state index in [1.54, 1.807) is 6.07 Å². The molecule has 1 atom stereocenters. The Morgan fingerprint density at radius 1 is 1.15 bits per heavy atom. The van der Waals surface area contributed by atoms with Crippen molar-refractivity contribution in [1.82, 2.24) is 5.32 Å². The van der Waals surface area contributed by atoms with E-state index in [4.69, 9.17) is 0 Å². The Balaban J connectivity index is 1.98. The van der Waals surface area contributed by atoms with Gasteiger partial charge < -0.3 is 10.2 Å². The van der Waals surface area contributed by atoms with Gasteiger partial charge in [0.1, 0.15) is 5.82 Å². The molecule has 104 valence electrons. The highest BCUT2D eigenvalue weighted by Crippen LogP contribution is 2.28. The summed E-state index contributed by atoms with van der Waals surface area (Å²) in [6.07, 6.45) is 0. The number of rotatable bonds is 2. The van der Waals surface area contributed by atoms with Crippen molar-refractivity contribution in [3.8, 4) is 11.1 Å². The molecule has 3 rings (SSSR count). The van der Waals surface area contributed by atoms with Gasteiger partial charge >= 0.3 is 0 Å². The van der Waals surface area contributed by atoms with Crippen LogP contribution in [0, 0.1) is 5.82 Å². The summed E-state index contributed by atoms with van der Waals surface area (Å²) in [5.41, 5.74) is 2.70. The Kier molecular flexibility index (Phi) is 3.70. The summed E-state index contributed by atoms with van der Waals surface area (Å²) in [5, 5.41) is 3.38. The maximum Gasteiger partial charge on any atom is 0.131 e. The third-order valence-electron chi connectivity index (χ3n) is 3.87. The lowest BCUT2D eigenvalue weighted by Crippen LogP contribution is -2.49. The van der Waals surface area contributed by atoms with Gasteiger partial charge in [0.2, 0.25) is 0 Å². The normalized spacial score (nSPS) is 19.1. The van der Waals surface area contributed by atoms with Crippen LogP contribution in [0.1, 0.15) is 6.92 Å². The minimum Gasteiger partial charge on any atom is -0.366 e. The first-order chi connectivity index (χ1) is 9.75. The molecule has 1 aliphatic rings. The maximum absolute atomic E-state index is 14.1. The molecule has 0 aliphatic carbocycles. The number of piperazine rings is 1. The zero-order valence-electron chi connectivity index (χ0n) is 11.6. The Bertz CT molecular complexity index is 583. The molecular weight excluding hydrogens is 251 g/mol. The third kappa shape index (κ3) is 2.54. The van der Waals surface area contributed by atoms with E-state index in [-0.39, 0.29) is 5.82 Å². The zero-order valence-corrected chi connectivity index (χ0v) is 11.6. The minimum absolute atomic E-state index is 0.164. The summed E-state index contributed by atoms with van der Waals surface area (Å²) in [6.45, 7) is 5.10. The van der Waals surface area contributed by atoms with Gasteiger partial charge in [-0.15, -0.1) is 0 Å². The summed E-state index contributed by atoms with van der Waals surface area (Å²) < 4.78 is 14.1. The van der Waals surface area contributed by atoms with Crippen molar-refractivity contribution in [2.45, 2.75) is 13.0 Å². The number of halogens is 1. The minimum atomic E-state index is -0.164. The molecular formula is C17H19FN2. The van der Waals surface area contributed by atoms with E-state index in [1.807, 2.05) is 42.5 Å². The van der Waals surface area contributed by atoms with E-state index >= 15 is 0 Å². The summed E-state index contributed by atoms with van der Waals surface area (Å²) >= 11 is 0. The molecule has 1 saturated heterocycles. The van der Waals surface area contributed by atoms with Crippen molar-refractivity contribution in [2.75, 3.05) is 24.5 Å². The van der Waals surface area contributed by atoms with E-state index in [0.29, 0.717) is 11.6 Å². The van der Waals surface area contributed by atoms with E-state index in [1.165, 1.54) is 0 Å². The first kappa shape index (κ1) is 13.1. The highest BCUT2D eigenvalue weighted by Gasteiger charge is 2.19. The van der Waals surface area contributed by atoms with Crippen LogP contribution in [0.3, 0.4) is 0 Å². The monoisotopic (exact) mass is 270 g/mol. The third-order valence-corrected chi connectivity index (χ3v) is 3.87. The fraction of sp³-hybridized carbons (Fsp3) is 0.294. The molecule has 0 bridgehead atoms. The van der Waals surface area contributed by atoms with Crippen molar-refractivity contribution < 1.29 is 4.39 Å². The number of nitrogens with one attached hydrogen (secondary N) is 1. The molecule has 2 aromatic rings. The van der Waals surface area contributed by atoms with Crippen LogP contribution >= 0.6 is 0 Å². The maximum atomic E-state index is 14.1. The van der Waals surface area contributed by atoms with Crippen molar-refractivity contribution in [3.63, 3.8) is 0 Å². The molecule has 0 amide bonds. The SMILES string of the molecule is C[C@@H]1CNCCN1c1ccc(F)c(-c2ccccc2)c1. The molecule has 20 heavy (non-hydrogen) atoms. The van der Waals surface area contributed by atoms with E-state index in [2.05, 4.69) is 17.1 Å². The van der Waals surface area contributed by atoms with Gasteiger partial charge in [-0.3, -0.25) is 0 Å². The lowest BCUT2D eigenvalue weighted by Gasteiger charge is -2.36. The fourth-order valence-electron chi connectivity index (χ4n) is 2.76. The van der Waals surface area contributed by atoms with Gasteiger partial charge in [0.15, 0.2) is 0 Å². The molecule has 1 aliphatic heterocycles. The van der Waals surface area contributed by atoms with Crippen LogP contribution in [-0.4, -0.2) is 25.7 Å². The van der Waals surface area contributed by atoms with Gasteiger partial charge in [0.05, 0.1) is 0 Å². The van der Waals surface area contributed by atoms with Gasteiger partial charge in [-0.2, -0.15) is 0 Å². The summed E-state index contributed by atoms with van der Waals surface area (Å²) in [4.78, 5) is 2.34. The number of hydrogen-bond acceptors (Lipinski definition) is 2. The fourth-order valence-corrected chi connectivity index (χ4v) is 2.76. The highest BCUT2D eigenvalue weighted by atomic mass is 19.1. The van der Waals surface area contributed by atoms with Crippen LogP contribution < -0.4 is 10.2 Å². The number of hydrogen-bond donors (Lipinski definition) is 1. The molecule has 0 aromatic heterocycles. The van der Waals surface area contributed by atoms with Crippen LogP contribution in [0.15, 0.2) is 48.5 Å². The number of anilines is 1. The number of benzene rings is 2. The molecule has 0 radical (unpaired) electrons. The average molecular weight is 270 g/mol. The van der Waals surface area contributed by atoms with Gasteiger partial charge in [-0.25, -0.2) is 4.39 Å². The molecule has 0 spiro atoms. The molecule has 2 nitrogen and oxygen atoms in total. The van der Waals surface area contributed by atoms with Gasteiger partial charge in [-0.05, 0) is 30.7 Å². The predicted octanol–water partition coefficient (Wildman–Crippen LogP) is 3.29. The molecule has 0 saturated carbocycles. The second-order valence-electron chi connectivity index (χ2n) is 5.28. The molecule has 2 aromatic carbocycles. The smallest absolute Gasteiger partial charge is 0.131 e. The molecule has 0 unspecified atom stereocenters. The lowest BCUT2D eigenvalue weighted by molar-refractivity contribution is 0.500. The summed E-state index contributed by atoms with van der Waals surface area (Å²) in [7, 11) is 0. The predicted molar refractivity (Wildman–Crippen MR) is 81.5 cm³/mol. The van der Waals surface area contributed by atoms with Gasteiger partial charge in [0, 0.05) is 36.9 Å². The molecule has 1 fully saturated rings. The van der Waals surface area contributed by atoms with Crippen molar-refractivity contribution in [3.05, 3.63) is 54.3 Å². The lowest BCUT2D eigenvalue weighted by atomic mass is 10.0. The first-order valence-electron chi connectivity index (χ1n) is 7.08. The molecule has 3 heteroatoms. The van der Waals surface area contributed by atoms with Crippen LogP contribution in [0.2, 0.25) is 0 Å². The molecule has 1 N–H and O–H groups in total. The van der Waals surface area contributed by atoms with Crippen molar-refractivity contribution in [1.29, 1.82) is 0 Å². The van der Waals surface area contributed by atoms with Gasteiger partial charge in [0.25, 0.3) is 0 Å². The van der Waals surface area contributed by atoms with Crippen molar-refractivity contribution in [2.24, 2.45) is 0 Å². The topological polar surface area (TPSA) is 15.3 Å². The quantitative estimate of drug-likeness (QED) is 0.901. The van der Waals surface area contributed by atoms with E-state index < -0.39 is 0 Å². The van der Waals surface area contributed by atoms with E-state index in [9.17, 15) is 4.39 Å². The summed E-state index contributed by atoms with van der Waals surface area (Å²) in [5.74, 6) is -0.164. The molecule has 1 heterocycles. The van der Waals surface area contributed by atoms with Crippen LogP contribution in [0.25, 0.3) is 11.1 Å². The summed E-state index contributed by atoms with van der Waals surface area (Å²) in [6, 6.07) is 15.6. The van der Waals surface area contributed by atoms with Crippen molar-refractivity contribution >= 4 is 5.69 Å². The zero-order chi connectivity index (χ0) is 13.9. The highest BCUT2D eigenvalue weighted by molar-refractivity contribution is 5.69. The Morgan fingerprint density at radius 2 is 1.95 bits per heavy atom. The van der Waals surface area contributed by atoms with Crippen LogP contribution in [-0.2, 0) is 0 Å².